The molecule has 2 amide bonds. The second-order valence-electron chi connectivity index (χ2n) is 7.70. The molecule has 146 valence electrons. The Labute approximate surface area is 166 Å². The van der Waals surface area contributed by atoms with Crippen LogP contribution in [0.4, 0.5) is 11.4 Å². The van der Waals surface area contributed by atoms with E-state index in [2.05, 4.69) is 27.7 Å². The molecular weight excluding hydrogens is 350 g/mol. The Morgan fingerprint density at radius 2 is 1.71 bits per heavy atom. The maximum absolute atomic E-state index is 12.7. The number of rotatable bonds is 5. The number of benzene rings is 2. The molecule has 2 N–H and O–H groups in total. The molecule has 1 saturated carbocycles. The summed E-state index contributed by atoms with van der Waals surface area (Å²) in [7, 11) is 0. The second-order valence-corrected chi connectivity index (χ2v) is 7.70. The lowest BCUT2D eigenvalue weighted by atomic mass is 10.0. The maximum atomic E-state index is 12.7. The molecule has 0 spiro atoms. The third-order valence-electron chi connectivity index (χ3n) is 5.68. The third kappa shape index (κ3) is 4.19. The molecule has 0 aromatic heterocycles. The smallest absolute Gasteiger partial charge is 0.253 e. The summed E-state index contributed by atoms with van der Waals surface area (Å²) in [6, 6.07) is 15.8. The van der Waals surface area contributed by atoms with Gasteiger partial charge in [-0.15, -0.1) is 0 Å². The molecule has 0 atom stereocenters. The van der Waals surface area contributed by atoms with Gasteiger partial charge in [-0.2, -0.15) is 0 Å². The van der Waals surface area contributed by atoms with Gasteiger partial charge in [0, 0.05) is 18.3 Å². The number of para-hydroxylation sites is 2. The Balaban J connectivity index is 1.43. The fraction of sp³-hybridized carbons (Fsp3) is 0.391. The van der Waals surface area contributed by atoms with E-state index in [4.69, 9.17) is 0 Å². The molecule has 0 unspecified atom stereocenters. The topological polar surface area (TPSA) is 61.4 Å². The van der Waals surface area contributed by atoms with Crippen LogP contribution in [-0.4, -0.2) is 30.9 Å². The Bertz CT molecular complexity index is 858. The van der Waals surface area contributed by atoms with E-state index in [1.165, 1.54) is 18.4 Å². The first kappa shape index (κ1) is 18.5. The normalized spacial score (nSPS) is 16.5. The number of aryl methyl sites for hydroxylation is 1. The van der Waals surface area contributed by atoms with E-state index in [0.717, 1.165) is 37.9 Å². The summed E-state index contributed by atoms with van der Waals surface area (Å²) in [4.78, 5) is 27.5. The maximum Gasteiger partial charge on any atom is 0.253 e. The number of carbonyl (C=O) groups excluding carboxylic acids is 2. The van der Waals surface area contributed by atoms with Gasteiger partial charge >= 0.3 is 0 Å². The molecule has 1 fully saturated rings. The SMILES string of the molecule is O=C(CN1CCCc2ccccc21)Nc1ccccc1C(=O)NC1CCCC1. The Morgan fingerprint density at radius 3 is 2.57 bits per heavy atom. The molecule has 2 aromatic rings. The van der Waals surface area contributed by atoms with E-state index < -0.39 is 0 Å². The molecular formula is C23H27N3O2. The van der Waals surface area contributed by atoms with E-state index in [0.29, 0.717) is 11.3 Å². The average molecular weight is 377 g/mol. The highest BCUT2D eigenvalue weighted by atomic mass is 16.2. The number of hydrogen-bond acceptors (Lipinski definition) is 3. The zero-order valence-corrected chi connectivity index (χ0v) is 16.1. The molecule has 1 heterocycles. The number of fused-ring (bicyclic) bond motifs is 1. The van der Waals surface area contributed by atoms with Crippen LogP contribution in [0.5, 0.6) is 0 Å². The van der Waals surface area contributed by atoms with E-state index in [-0.39, 0.29) is 24.4 Å². The number of carbonyl (C=O) groups is 2. The van der Waals surface area contributed by atoms with Gasteiger partial charge in [-0.1, -0.05) is 43.2 Å². The fourth-order valence-electron chi connectivity index (χ4n) is 4.26. The largest absolute Gasteiger partial charge is 0.362 e. The predicted molar refractivity (Wildman–Crippen MR) is 112 cm³/mol. The third-order valence-corrected chi connectivity index (χ3v) is 5.68. The molecule has 4 rings (SSSR count). The zero-order valence-electron chi connectivity index (χ0n) is 16.1. The predicted octanol–water partition coefficient (Wildman–Crippen LogP) is 3.75. The molecule has 1 aliphatic heterocycles. The first-order valence-corrected chi connectivity index (χ1v) is 10.2. The second kappa shape index (κ2) is 8.46. The first-order chi connectivity index (χ1) is 13.7. The van der Waals surface area contributed by atoms with Crippen LogP contribution >= 0.6 is 0 Å². The van der Waals surface area contributed by atoms with Gasteiger partial charge in [-0.05, 0) is 49.4 Å². The van der Waals surface area contributed by atoms with Crippen LogP contribution in [0.1, 0.15) is 48.0 Å². The van der Waals surface area contributed by atoms with Gasteiger partial charge in [-0.25, -0.2) is 0 Å². The lowest BCUT2D eigenvalue weighted by Gasteiger charge is -2.30. The van der Waals surface area contributed by atoms with E-state index in [1.807, 2.05) is 24.3 Å². The summed E-state index contributed by atoms with van der Waals surface area (Å²) < 4.78 is 0. The van der Waals surface area contributed by atoms with Crippen molar-refractivity contribution < 1.29 is 9.59 Å². The minimum atomic E-state index is -0.105. The Morgan fingerprint density at radius 1 is 0.964 bits per heavy atom. The van der Waals surface area contributed by atoms with Crippen molar-refractivity contribution in [3.8, 4) is 0 Å². The number of nitrogens with one attached hydrogen (secondary N) is 2. The molecule has 28 heavy (non-hydrogen) atoms. The van der Waals surface area contributed by atoms with Crippen molar-refractivity contribution >= 4 is 23.2 Å². The summed E-state index contributed by atoms with van der Waals surface area (Å²) >= 11 is 0. The van der Waals surface area contributed by atoms with Crippen LogP contribution in [0.25, 0.3) is 0 Å². The van der Waals surface area contributed by atoms with Gasteiger partial charge in [0.25, 0.3) is 5.91 Å². The minimum absolute atomic E-state index is 0.0992. The quantitative estimate of drug-likeness (QED) is 0.834. The molecule has 5 nitrogen and oxygen atoms in total. The highest BCUT2D eigenvalue weighted by Crippen LogP contribution is 2.26. The van der Waals surface area contributed by atoms with Crippen LogP contribution < -0.4 is 15.5 Å². The van der Waals surface area contributed by atoms with Crippen molar-refractivity contribution in [2.75, 3.05) is 23.3 Å². The molecule has 0 bridgehead atoms. The van der Waals surface area contributed by atoms with Crippen LogP contribution in [-0.2, 0) is 11.2 Å². The van der Waals surface area contributed by atoms with Crippen LogP contribution in [0.2, 0.25) is 0 Å². The summed E-state index contributed by atoms with van der Waals surface area (Å²) in [6.07, 6.45) is 6.51. The standard InChI is InChI=1S/C23H27N3O2/c27-22(16-26-15-7-9-17-8-1-6-14-21(17)26)25-20-13-5-4-12-19(20)23(28)24-18-10-2-3-11-18/h1,4-6,8,12-14,18H,2-3,7,9-11,15-16H2,(H,24,28)(H,25,27). The van der Waals surface area contributed by atoms with Gasteiger partial charge < -0.3 is 15.5 Å². The zero-order chi connectivity index (χ0) is 19.3. The molecule has 2 aromatic carbocycles. The molecule has 0 radical (unpaired) electrons. The number of amides is 2. The van der Waals surface area contributed by atoms with Gasteiger partial charge in [-0.3, -0.25) is 9.59 Å². The lowest BCUT2D eigenvalue weighted by molar-refractivity contribution is -0.115. The fourth-order valence-corrected chi connectivity index (χ4v) is 4.26. The minimum Gasteiger partial charge on any atom is -0.362 e. The summed E-state index contributed by atoms with van der Waals surface area (Å²) in [5.41, 5.74) is 3.53. The van der Waals surface area contributed by atoms with Crippen molar-refractivity contribution in [2.45, 2.75) is 44.6 Å². The van der Waals surface area contributed by atoms with Crippen LogP contribution in [0.15, 0.2) is 48.5 Å². The number of nitrogens with zero attached hydrogens (tertiary/aromatic N) is 1. The Kier molecular flexibility index (Phi) is 5.60. The van der Waals surface area contributed by atoms with Crippen molar-refractivity contribution in [2.24, 2.45) is 0 Å². The van der Waals surface area contributed by atoms with Crippen molar-refractivity contribution in [1.82, 2.24) is 5.32 Å². The molecule has 0 saturated heterocycles. The van der Waals surface area contributed by atoms with Crippen LogP contribution in [0.3, 0.4) is 0 Å². The van der Waals surface area contributed by atoms with E-state index in [9.17, 15) is 9.59 Å². The summed E-state index contributed by atoms with van der Waals surface area (Å²) in [5.74, 6) is -0.205. The van der Waals surface area contributed by atoms with Gasteiger partial charge in [0.05, 0.1) is 17.8 Å². The summed E-state index contributed by atoms with van der Waals surface area (Å²) in [6.45, 7) is 1.16. The van der Waals surface area contributed by atoms with Crippen molar-refractivity contribution in [3.63, 3.8) is 0 Å². The monoisotopic (exact) mass is 377 g/mol. The van der Waals surface area contributed by atoms with Crippen LogP contribution in [0, 0.1) is 0 Å². The lowest BCUT2D eigenvalue weighted by Crippen LogP contribution is -2.37. The summed E-state index contributed by atoms with van der Waals surface area (Å²) in [5, 5.41) is 6.06. The highest BCUT2D eigenvalue weighted by molar-refractivity contribution is 6.04. The Hall–Kier alpha value is -2.82. The van der Waals surface area contributed by atoms with Gasteiger partial charge in [0.15, 0.2) is 0 Å². The van der Waals surface area contributed by atoms with E-state index >= 15 is 0 Å². The number of anilines is 2. The average Bonchev–Trinajstić information content (AvgIpc) is 3.21. The molecule has 2 aliphatic rings. The first-order valence-electron chi connectivity index (χ1n) is 10.2. The molecule has 5 heteroatoms. The van der Waals surface area contributed by atoms with Crippen molar-refractivity contribution in [3.05, 3.63) is 59.7 Å². The number of hydrogen-bond donors (Lipinski definition) is 2. The van der Waals surface area contributed by atoms with Gasteiger partial charge in [0.1, 0.15) is 0 Å². The van der Waals surface area contributed by atoms with E-state index in [1.54, 1.807) is 12.1 Å². The molecule has 1 aliphatic carbocycles. The highest BCUT2D eigenvalue weighted by Gasteiger charge is 2.22. The van der Waals surface area contributed by atoms with Crippen molar-refractivity contribution in [1.29, 1.82) is 0 Å². The van der Waals surface area contributed by atoms with Gasteiger partial charge in [0.2, 0.25) is 5.91 Å².